The molecule has 2 unspecified atom stereocenters. The third-order valence-electron chi connectivity index (χ3n) is 4.10. The zero-order chi connectivity index (χ0) is 13.9. The Hall–Kier alpha value is -1.55. The molecule has 1 aromatic carbocycles. The largest absolute Gasteiger partial charge is 0.497 e. The summed E-state index contributed by atoms with van der Waals surface area (Å²) >= 11 is 0. The number of methoxy groups -OCH3 is 1. The third-order valence-corrected chi connectivity index (χ3v) is 4.10. The van der Waals surface area contributed by atoms with Gasteiger partial charge in [0.25, 0.3) is 0 Å². The van der Waals surface area contributed by atoms with E-state index in [1.165, 1.54) is 0 Å². The van der Waals surface area contributed by atoms with E-state index in [0.717, 1.165) is 24.2 Å². The van der Waals surface area contributed by atoms with Gasteiger partial charge in [-0.2, -0.15) is 0 Å². The lowest BCUT2D eigenvalue weighted by atomic mass is 9.66. The molecule has 1 aromatic rings. The molecule has 4 heteroatoms. The SMILES string of the molecule is CNC(=O)C1(c2ccc(OC)cc2)CCCCC1O. The van der Waals surface area contributed by atoms with Crippen LogP contribution >= 0.6 is 0 Å². The Morgan fingerprint density at radius 2 is 2.05 bits per heavy atom. The smallest absolute Gasteiger partial charge is 0.233 e. The molecule has 1 aliphatic rings. The van der Waals surface area contributed by atoms with Crippen molar-refractivity contribution >= 4 is 5.91 Å². The normalized spacial score (nSPS) is 26.8. The lowest BCUT2D eigenvalue weighted by Gasteiger charge is -2.40. The first-order valence-corrected chi connectivity index (χ1v) is 6.70. The molecule has 0 bridgehead atoms. The van der Waals surface area contributed by atoms with E-state index < -0.39 is 11.5 Å². The summed E-state index contributed by atoms with van der Waals surface area (Å²) in [5, 5.41) is 13.1. The molecule has 0 saturated heterocycles. The van der Waals surface area contributed by atoms with Crippen molar-refractivity contribution < 1.29 is 14.6 Å². The Kier molecular flexibility index (Phi) is 4.10. The van der Waals surface area contributed by atoms with Crippen LogP contribution in [0.4, 0.5) is 0 Å². The second-order valence-electron chi connectivity index (χ2n) is 5.04. The highest BCUT2D eigenvalue weighted by Gasteiger charge is 2.47. The number of hydrogen-bond acceptors (Lipinski definition) is 3. The van der Waals surface area contributed by atoms with E-state index in [4.69, 9.17) is 4.74 Å². The highest BCUT2D eigenvalue weighted by Crippen LogP contribution is 2.40. The van der Waals surface area contributed by atoms with Gasteiger partial charge in [0, 0.05) is 7.05 Å². The van der Waals surface area contributed by atoms with Crippen molar-refractivity contribution in [3.63, 3.8) is 0 Å². The Labute approximate surface area is 113 Å². The lowest BCUT2D eigenvalue weighted by Crippen LogP contribution is -2.53. The quantitative estimate of drug-likeness (QED) is 0.871. The number of benzene rings is 1. The van der Waals surface area contributed by atoms with Crippen LogP contribution in [0, 0.1) is 0 Å². The van der Waals surface area contributed by atoms with Gasteiger partial charge >= 0.3 is 0 Å². The molecule has 1 aliphatic carbocycles. The van der Waals surface area contributed by atoms with Crippen LogP contribution in [0.1, 0.15) is 31.2 Å². The van der Waals surface area contributed by atoms with Gasteiger partial charge in [-0.15, -0.1) is 0 Å². The van der Waals surface area contributed by atoms with Gasteiger partial charge in [0.1, 0.15) is 5.75 Å². The number of rotatable bonds is 3. The standard InChI is InChI=1S/C15H21NO3/c1-16-14(18)15(10-4-3-5-13(15)17)11-6-8-12(19-2)9-7-11/h6-9,13,17H,3-5,10H2,1-2H3,(H,16,18). The van der Waals surface area contributed by atoms with Gasteiger partial charge in [0.15, 0.2) is 0 Å². The first-order chi connectivity index (χ1) is 9.15. The Morgan fingerprint density at radius 1 is 1.37 bits per heavy atom. The molecule has 2 atom stereocenters. The number of carbonyl (C=O) groups is 1. The van der Waals surface area contributed by atoms with Gasteiger partial charge in [-0.1, -0.05) is 25.0 Å². The summed E-state index contributed by atoms with van der Waals surface area (Å²) in [5.74, 6) is 0.644. The van der Waals surface area contributed by atoms with Crippen LogP contribution in [0.3, 0.4) is 0 Å². The summed E-state index contributed by atoms with van der Waals surface area (Å²) in [5.41, 5.74) is 0.0408. The minimum Gasteiger partial charge on any atom is -0.497 e. The monoisotopic (exact) mass is 263 g/mol. The van der Waals surface area contributed by atoms with E-state index in [0.29, 0.717) is 12.8 Å². The van der Waals surface area contributed by atoms with Crippen LogP contribution in [0.15, 0.2) is 24.3 Å². The number of nitrogens with one attached hydrogen (secondary N) is 1. The number of aliphatic hydroxyl groups is 1. The lowest BCUT2D eigenvalue weighted by molar-refractivity contribution is -0.132. The van der Waals surface area contributed by atoms with Gasteiger partial charge < -0.3 is 15.2 Å². The van der Waals surface area contributed by atoms with Crippen molar-refractivity contribution in [2.24, 2.45) is 0 Å². The molecule has 0 radical (unpaired) electrons. The van der Waals surface area contributed by atoms with Gasteiger partial charge in [-0.05, 0) is 30.5 Å². The molecular formula is C15H21NO3. The Morgan fingerprint density at radius 3 is 2.58 bits per heavy atom. The summed E-state index contributed by atoms with van der Waals surface area (Å²) < 4.78 is 5.14. The second kappa shape index (κ2) is 5.61. The second-order valence-corrected chi connectivity index (χ2v) is 5.04. The number of hydrogen-bond donors (Lipinski definition) is 2. The number of aliphatic hydroxyl groups excluding tert-OH is 1. The maximum atomic E-state index is 12.4. The summed E-state index contributed by atoms with van der Waals surface area (Å²) in [6.45, 7) is 0. The van der Waals surface area contributed by atoms with Crippen molar-refractivity contribution in [3.05, 3.63) is 29.8 Å². The molecule has 1 fully saturated rings. The first kappa shape index (κ1) is 13.9. The minimum atomic E-state index is -0.820. The zero-order valence-electron chi connectivity index (χ0n) is 11.5. The zero-order valence-corrected chi connectivity index (χ0v) is 11.5. The van der Waals surface area contributed by atoms with Crippen LogP contribution < -0.4 is 10.1 Å². The van der Waals surface area contributed by atoms with E-state index >= 15 is 0 Å². The van der Waals surface area contributed by atoms with Gasteiger partial charge in [0.2, 0.25) is 5.91 Å². The van der Waals surface area contributed by atoms with Crippen LogP contribution in [-0.4, -0.2) is 31.3 Å². The first-order valence-electron chi connectivity index (χ1n) is 6.70. The summed E-state index contributed by atoms with van der Waals surface area (Å²) in [7, 11) is 3.23. The van der Waals surface area contributed by atoms with E-state index in [2.05, 4.69) is 5.32 Å². The molecule has 2 rings (SSSR count). The van der Waals surface area contributed by atoms with E-state index in [9.17, 15) is 9.90 Å². The number of ether oxygens (including phenoxy) is 1. The van der Waals surface area contributed by atoms with Crippen LogP contribution in [0.25, 0.3) is 0 Å². The predicted molar refractivity (Wildman–Crippen MR) is 73.2 cm³/mol. The van der Waals surface area contributed by atoms with Crippen LogP contribution in [0.5, 0.6) is 5.75 Å². The van der Waals surface area contributed by atoms with Gasteiger partial charge in [0.05, 0.1) is 18.6 Å². The number of carbonyl (C=O) groups excluding carboxylic acids is 1. The summed E-state index contributed by atoms with van der Waals surface area (Å²) in [6.07, 6.45) is 2.64. The Balaban J connectivity index is 2.44. The fourth-order valence-electron chi connectivity index (χ4n) is 3.00. The molecule has 1 saturated carbocycles. The molecular weight excluding hydrogens is 242 g/mol. The molecule has 0 spiro atoms. The van der Waals surface area contributed by atoms with Crippen molar-refractivity contribution in [2.75, 3.05) is 14.2 Å². The molecule has 19 heavy (non-hydrogen) atoms. The van der Waals surface area contributed by atoms with Crippen LogP contribution in [0.2, 0.25) is 0 Å². The highest BCUT2D eigenvalue weighted by molar-refractivity contribution is 5.89. The molecule has 104 valence electrons. The molecule has 4 nitrogen and oxygen atoms in total. The fraction of sp³-hybridized carbons (Fsp3) is 0.533. The average molecular weight is 263 g/mol. The highest BCUT2D eigenvalue weighted by atomic mass is 16.5. The number of amides is 1. The van der Waals surface area contributed by atoms with Crippen molar-refractivity contribution in [2.45, 2.75) is 37.2 Å². The maximum Gasteiger partial charge on any atom is 0.233 e. The minimum absolute atomic E-state index is 0.107. The third kappa shape index (κ3) is 2.32. The maximum absolute atomic E-state index is 12.4. The predicted octanol–water partition coefficient (Wildman–Crippen LogP) is 1.61. The molecule has 2 N–H and O–H groups in total. The van der Waals surface area contributed by atoms with Crippen molar-refractivity contribution in [1.82, 2.24) is 5.32 Å². The van der Waals surface area contributed by atoms with E-state index in [-0.39, 0.29) is 5.91 Å². The van der Waals surface area contributed by atoms with E-state index in [1.54, 1.807) is 14.2 Å². The molecule has 0 aromatic heterocycles. The summed E-state index contributed by atoms with van der Waals surface area (Å²) in [6, 6.07) is 7.42. The van der Waals surface area contributed by atoms with E-state index in [1.807, 2.05) is 24.3 Å². The van der Waals surface area contributed by atoms with Crippen molar-refractivity contribution in [3.8, 4) is 5.75 Å². The molecule has 0 aliphatic heterocycles. The Bertz CT molecular complexity index is 443. The van der Waals surface area contributed by atoms with Gasteiger partial charge in [-0.3, -0.25) is 4.79 Å². The molecule has 1 amide bonds. The fourth-order valence-corrected chi connectivity index (χ4v) is 3.00. The summed E-state index contributed by atoms with van der Waals surface area (Å²) in [4.78, 5) is 12.4. The van der Waals surface area contributed by atoms with Gasteiger partial charge in [-0.25, -0.2) is 0 Å². The van der Waals surface area contributed by atoms with Crippen LogP contribution in [-0.2, 0) is 10.2 Å². The molecule has 0 heterocycles. The number of likely N-dealkylation sites (N-methyl/N-ethyl adjacent to an activating group) is 1. The average Bonchev–Trinajstić information content (AvgIpc) is 2.47. The topological polar surface area (TPSA) is 58.6 Å². The van der Waals surface area contributed by atoms with Crippen molar-refractivity contribution in [1.29, 1.82) is 0 Å².